The Morgan fingerprint density at radius 1 is 1.73 bits per heavy atom. The van der Waals surface area contributed by atoms with E-state index < -0.39 is 5.97 Å². The van der Waals surface area contributed by atoms with E-state index >= 15 is 0 Å². The van der Waals surface area contributed by atoms with Crippen molar-refractivity contribution in [3.63, 3.8) is 0 Å². The molecule has 0 unspecified atom stereocenters. The van der Waals surface area contributed by atoms with Gasteiger partial charge in [0.2, 0.25) is 0 Å². The lowest BCUT2D eigenvalue weighted by Gasteiger charge is -2.12. The van der Waals surface area contributed by atoms with Gasteiger partial charge in [-0.15, -0.1) is 0 Å². The van der Waals surface area contributed by atoms with Crippen molar-refractivity contribution in [1.29, 1.82) is 0 Å². The molecule has 0 bridgehead atoms. The highest BCUT2D eigenvalue weighted by atomic mass is 17.1. The Bertz CT molecular complexity index is 307. The fourth-order valence-corrected chi connectivity index (χ4v) is 0.852. The summed E-state index contributed by atoms with van der Waals surface area (Å²) in [5.74, 6) is -1.14. The number of hydrogen-bond donors (Lipinski definition) is 2. The maximum atomic E-state index is 10.4. The second-order valence-corrected chi connectivity index (χ2v) is 2.61. The molecule has 0 aromatic carbocycles. The first-order valence-electron chi connectivity index (χ1n) is 4.11. The molecule has 0 aromatic heterocycles. The van der Waals surface area contributed by atoms with Gasteiger partial charge in [0.15, 0.2) is 0 Å². The molecule has 0 aliphatic carbocycles. The third kappa shape index (κ3) is 4.82. The number of carboxylic acids is 1. The van der Waals surface area contributed by atoms with Gasteiger partial charge >= 0.3 is 5.97 Å². The van der Waals surface area contributed by atoms with Crippen LogP contribution in [0.5, 0.6) is 0 Å². The minimum absolute atomic E-state index is 0.157. The lowest BCUT2D eigenvalue weighted by atomic mass is 10.2. The maximum Gasteiger partial charge on any atom is 0.309 e. The van der Waals surface area contributed by atoms with E-state index in [0.29, 0.717) is 5.70 Å². The van der Waals surface area contributed by atoms with Crippen molar-refractivity contribution in [2.75, 3.05) is 14.1 Å². The van der Waals surface area contributed by atoms with E-state index in [1.165, 1.54) is 13.1 Å². The molecule has 6 nitrogen and oxygen atoms in total. The zero-order valence-electron chi connectivity index (χ0n) is 8.61. The number of carbonyl (C=O) groups is 1. The molecule has 0 saturated heterocycles. The fourth-order valence-electron chi connectivity index (χ4n) is 0.852. The third-order valence-corrected chi connectivity index (χ3v) is 1.60. The molecule has 0 heterocycles. The number of carboxylic acid groups (broad SMARTS) is 1. The Morgan fingerprint density at radius 2 is 2.33 bits per heavy atom. The summed E-state index contributed by atoms with van der Waals surface area (Å²) in [5, 5.41) is 21.3. The van der Waals surface area contributed by atoms with Crippen LogP contribution in [-0.2, 0) is 9.68 Å². The summed E-state index contributed by atoms with van der Waals surface area (Å²) in [6, 6.07) is 0. The quantitative estimate of drug-likeness (QED) is 0.267. The van der Waals surface area contributed by atoms with Gasteiger partial charge in [0.05, 0.1) is 12.1 Å². The Kier molecular flexibility index (Phi) is 5.81. The number of aliphatic carboxylic acids is 1. The van der Waals surface area contributed by atoms with E-state index in [9.17, 15) is 10.1 Å². The van der Waals surface area contributed by atoms with Crippen LogP contribution in [0.4, 0.5) is 0 Å². The molecule has 2 N–H and O–H groups in total. The van der Waals surface area contributed by atoms with E-state index in [-0.39, 0.29) is 17.9 Å². The number of nitrogens with one attached hydrogen (secondary N) is 1. The fraction of sp³-hybridized carbons (Fsp3) is 0.333. The average Bonchev–Trinajstić information content (AvgIpc) is 2.22. The molecule has 0 amide bonds. The van der Waals surface area contributed by atoms with Crippen molar-refractivity contribution >= 4 is 11.7 Å². The summed E-state index contributed by atoms with van der Waals surface area (Å²) < 4.78 is 0. The van der Waals surface area contributed by atoms with Gasteiger partial charge in [0.25, 0.3) is 0 Å². The minimum Gasteiger partial charge on any atom is -0.664 e. The Balaban J connectivity index is 4.79. The number of allylic oxidation sites excluding steroid dienone is 1. The molecule has 0 spiro atoms. The second kappa shape index (κ2) is 6.61. The van der Waals surface area contributed by atoms with Crippen LogP contribution in [-0.4, -0.2) is 30.9 Å². The van der Waals surface area contributed by atoms with Crippen LogP contribution in [0.1, 0.15) is 6.42 Å². The van der Waals surface area contributed by atoms with E-state index in [4.69, 9.17) is 5.11 Å². The van der Waals surface area contributed by atoms with E-state index in [2.05, 4.69) is 21.8 Å². The van der Waals surface area contributed by atoms with Crippen LogP contribution >= 0.6 is 0 Å². The summed E-state index contributed by atoms with van der Waals surface area (Å²) in [6.07, 6.45) is 1.20. The van der Waals surface area contributed by atoms with Crippen molar-refractivity contribution in [3.8, 4) is 0 Å². The van der Waals surface area contributed by atoms with Gasteiger partial charge in [0.1, 0.15) is 5.76 Å². The first-order chi connectivity index (χ1) is 7.04. The largest absolute Gasteiger partial charge is 0.664 e. The summed E-state index contributed by atoms with van der Waals surface area (Å²) in [6.45, 7) is 3.33. The number of rotatable bonds is 6. The van der Waals surface area contributed by atoms with Gasteiger partial charge in [-0.2, -0.15) is 0 Å². The predicted molar refractivity (Wildman–Crippen MR) is 53.0 cm³/mol. The van der Waals surface area contributed by atoms with Crippen LogP contribution in [0.15, 0.2) is 29.1 Å². The highest BCUT2D eigenvalue weighted by molar-refractivity contribution is 6.07. The summed E-state index contributed by atoms with van der Waals surface area (Å²) in [4.78, 5) is 17.8. The Hall–Kier alpha value is -1.82. The molecular weight excluding hydrogens is 200 g/mol. The van der Waals surface area contributed by atoms with Gasteiger partial charge in [-0.1, -0.05) is 6.58 Å². The molecule has 0 atom stereocenters. The van der Waals surface area contributed by atoms with Crippen LogP contribution in [0.3, 0.4) is 0 Å². The van der Waals surface area contributed by atoms with Gasteiger partial charge in [0, 0.05) is 19.8 Å². The standard InChI is InChI=1S/C9H14N2O4/c1-6(15-14)8(11-3)4-7(10-2)5-9(12)13/h4,10,14H,1,5H2,2-3H3,(H,12,13)/p-1. The summed E-state index contributed by atoms with van der Waals surface area (Å²) in [7, 11) is 3.02. The topological polar surface area (TPSA) is 94.0 Å². The van der Waals surface area contributed by atoms with Gasteiger partial charge in [-0.3, -0.25) is 9.79 Å². The SMILES string of the molecule is C=C(O[O-])C(C=C(CC(=O)O)NC)=NC. The Morgan fingerprint density at radius 3 is 2.67 bits per heavy atom. The molecule has 0 rings (SSSR count). The first-order valence-corrected chi connectivity index (χ1v) is 4.11. The van der Waals surface area contributed by atoms with Crippen molar-refractivity contribution < 1.29 is 20.0 Å². The molecule has 0 aromatic rings. The van der Waals surface area contributed by atoms with E-state index in [1.807, 2.05) is 0 Å². The van der Waals surface area contributed by atoms with E-state index in [1.54, 1.807) is 7.05 Å². The molecule has 15 heavy (non-hydrogen) atoms. The molecule has 0 radical (unpaired) electrons. The Labute approximate surface area is 87.5 Å². The zero-order valence-corrected chi connectivity index (χ0v) is 8.61. The summed E-state index contributed by atoms with van der Waals surface area (Å²) in [5.41, 5.74) is 0.608. The third-order valence-electron chi connectivity index (χ3n) is 1.60. The molecule has 0 fully saturated rings. The normalized spacial score (nSPS) is 12.2. The van der Waals surface area contributed by atoms with E-state index in [0.717, 1.165) is 0 Å². The highest BCUT2D eigenvalue weighted by Crippen LogP contribution is 2.02. The van der Waals surface area contributed by atoms with Gasteiger partial charge < -0.3 is 20.6 Å². The monoisotopic (exact) mass is 213 g/mol. The van der Waals surface area contributed by atoms with Crippen molar-refractivity contribution in [3.05, 3.63) is 24.1 Å². The first kappa shape index (κ1) is 13.2. The second-order valence-electron chi connectivity index (χ2n) is 2.61. The lowest BCUT2D eigenvalue weighted by Crippen LogP contribution is -2.16. The molecule has 0 aliphatic heterocycles. The highest BCUT2D eigenvalue weighted by Gasteiger charge is 2.05. The molecule has 0 aliphatic rings. The van der Waals surface area contributed by atoms with Crippen LogP contribution in [0.25, 0.3) is 0 Å². The van der Waals surface area contributed by atoms with Crippen molar-refractivity contribution in [2.45, 2.75) is 6.42 Å². The number of hydrogen-bond acceptors (Lipinski definition) is 5. The summed E-state index contributed by atoms with van der Waals surface area (Å²) >= 11 is 0. The zero-order chi connectivity index (χ0) is 11.8. The van der Waals surface area contributed by atoms with Gasteiger partial charge in [-0.25, -0.2) is 0 Å². The molecule has 0 saturated carbocycles. The molecule has 84 valence electrons. The smallest absolute Gasteiger partial charge is 0.309 e. The number of aliphatic imine (C=N–C) groups is 1. The number of nitrogens with zero attached hydrogens (tertiary/aromatic N) is 1. The predicted octanol–water partition coefficient (Wildman–Crippen LogP) is -0.559. The molecular formula is C9H13N2O4-. The van der Waals surface area contributed by atoms with Crippen molar-refractivity contribution in [2.24, 2.45) is 4.99 Å². The average molecular weight is 213 g/mol. The minimum atomic E-state index is -0.986. The van der Waals surface area contributed by atoms with Crippen LogP contribution in [0.2, 0.25) is 0 Å². The van der Waals surface area contributed by atoms with Crippen LogP contribution < -0.4 is 10.6 Å². The molecule has 6 heteroatoms. The lowest BCUT2D eigenvalue weighted by molar-refractivity contribution is -0.668. The maximum absolute atomic E-state index is 10.4. The van der Waals surface area contributed by atoms with Crippen molar-refractivity contribution in [1.82, 2.24) is 5.32 Å². The van der Waals surface area contributed by atoms with Gasteiger partial charge in [-0.05, 0) is 6.08 Å². The van der Waals surface area contributed by atoms with Crippen LogP contribution in [0, 0.1) is 0 Å².